The van der Waals surface area contributed by atoms with Crippen LogP contribution in [-0.4, -0.2) is 102 Å². The third-order valence-corrected chi connectivity index (χ3v) is 10.2. The maximum absolute atomic E-state index is 14.0. The number of anilines is 1. The predicted octanol–water partition coefficient (Wildman–Crippen LogP) is 0.555. The topological polar surface area (TPSA) is 162 Å². The SMILES string of the molecule is CN(C)c1c(CN2CCC(C)(C)CC2)cc(O)c2c1C[C@H]1C[C@H]3[C@H](N(C)C)C(=O)C(C(N)=O)C(=O)[C@@]3(O)C(=O)C1C2=O. The van der Waals surface area contributed by atoms with Gasteiger partial charge in [0.2, 0.25) is 5.91 Å². The van der Waals surface area contributed by atoms with Gasteiger partial charge in [-0.15, -0.1) is 0 Å². The molecule has 0 bridgehead atoms. The largest absolute Gasteiger partial charge is 0.507 e. The molecule has 1 amide bonds. The summed E-state index contributed by atoms with van der Waals surface area (Å²) in [6.45, 7) is 6.94. The summed E-state index contributed by atoms with van der Waals surface area (Å²) in [6.07, 6.45) is 2.38. The Kier molecular flexibility index (Phi) is 7.39. The molecule has 4 N–H and O–H groups in total. The maximum atomic E-state index is 14.0. The second-order valence-corrected chi connectivity index (χ2v) is 13.9. The fourth-order valence-corrected chi connectivity index (χ4v) is 7.96. The van der Waals surface area contributed by atoms with Gasteiger partial charge in [0.25, 0.3) is 0 Å². The van der Waals surface area contributed by atoms with Crippen molar-refractivity contribution in [1.29, 1.82) is 0 Å². The van der Waals surface area contributed by atoms with Gasteiger partial charge in [-0.05, 0) is 81.4 Å². The molecular weight excluding hydrogens is 540 g/mol. The Morgan fingerprint density at radius 3 is 2.24 bits per heavy atom. The van der Waals surface area contributed by atoms with E-state index in [0.29, 0.717) is 12.1 Å². The number of hydrogen-bond acceptors (Lipinski definition) is 10. The van der Waals surface area contributed by atoms with Gasteiger partial charge < -0.3 is 20.8 Å². The number of carbonyl (C=O) groups is 5. The van der Waals surface area contributed by atoms with Crippen LogP contribution in [0.2, 0.25) is 0 Å². The number of piperidine rings is 1. The van der Waals surface area contributed by atoms with E-state index >= 15 is 0 Å². The molecule has 5 rings (SSSR count). The lowest BCUT2D eigenvalue weighted by Gasteiger charge is -2.52. The Balaban J connectivity index is 1.58. The number of benzene rings is 1. The molecule has 2 saturated carbocycles. The van der Waals surface area contributed by atoms with Crippen LogP contribution < -0.4 is 10.6 Å². The monoisotopic (exact) mass is 582 g/mol. The molecule has 1 aromatic carbocycles. The van der Waals surface area contributed by atoms with E-state index < -0.39 is 64.4 Å². The van der Waals surface area contributed by atoms with Crippen molar-refractivity contribution < 1.29 is 34.2 Å². The number of hydrogen-bond donors (Lipinski definition) is 3. The summed E-state index contributed by atoms with van der Waals surface area (Å²) in [5.74, 6) is -10.3. The first-order valence-electron chi connectivity index (χ1n) is 14.6. The van der Waals surface area contributed by atoms with Gasteiger partial charge in [-0.2, -0.15) is 0 Å². The van der Waals surface area contributed by atoms with Crippen LogP contribution in [0.1, 0.15) is 54.6 Å². The van der Waals surface area contributed by atoms with E-state index in [-0.39, 0.29) is 29.6 Å². The number of phenolic OH excluding ortho intramolecular Hbond substituents is 1. The molecule has 1 aromatic rings. The molecule has 1 saturated heterocycles. The zero-order valence-corrected chi connectivity index (χ0v) is 25.3. The van der Waals surface area contributed by atoms with E-state index in [1.807, 2.05) is 19.0 Å². The second kappa shape index (κ2) is 10.2. The van der Waals surface area contributed by atoms with Crippen molar-refractivity contribution in [2.75, 3.05) is 46.2 Å². The highest BCUT2D eigenvalue weighted by Crippen LogP contribution is 2.52. The van der Waals surface area contributed by atoms with Crippen LogP contribution in [0.4, 0.5) is 5.69 Å². The number of fused-ring (bicyclic) bond motifs is 3. The number of aliphatic hydroxyl groups is 1. The maximum Gasteiger partial charge on any atom is 0.235 e. The van der Waals surface area contributed by atoms with E-state index in [0.717, 1.165) is 37.2 Å². The molecule has 4 aliphatic rings. The van der Waals surface area contributed by atoms with E-state index in [1.165, 1.54) is 4.90 Å². The standard InChI is InChI=1S/C31H42N4O7/c1-30(2)7-9-35(10-8-30)14-16-13-19(36)21-17(23(16)33(3)4)11-15-12-18-24(34(5)6)26(38)22(29(32)41)28(40)31(18,42)27(39)20(15)25(21)37/h13,15,18,20,22,24,36,42H,7-12,14H2,1-6H3,(H2,32,41)/t15-,18-,20?,22?,24-,31-/m0/s1. The molecule has 1 aliphatic heterocycles. The van der Waals surface area contributed by atoms with Crippen molar-refractivity contribution in [3.05, 3.63) is 22.8 Å². The number of nitrogens with two attached hydrogens (primary N) is 1. The van der Waals surface area contributed by atoms with Gasteiger partial charge >= 0.3 is 0 Å². The fourth-order valence-electron chi connectivity index (χ4n) is 7.96. The smallest absolute Gasteiger partial charge is 0.235 e. The summed E-state index contributed by atoms with van der Waals surface area (Å²) in [7, 11) is 6.90. The van der Waals surface area contributed by atoms with Crippen molar-refractivity contribution in [1.82, 2.24) is 9.80 Å². The summed E-state index contributed by atoms with van der Waals surface area (Å²) < 4.78 is 0. The molecule has 6 atom stereocenters. The molecule has 11 heteroatoms. The molecule has 3 fully saturated rings. The lowest BCUT2D eigenvalue weighted by molar-refractivity contribution is -0.181. The van der Waals surface area contributed by atoms with Gasteiger partial charge in [-0.1, -0.05) is 13.8 Å². The highest BCUT2D eigenvalue weighted by molar-refractivity contribution is 6.32. The zero-order valence-electron chi connectivity index (χ0n) is 25.3. The molecule has 2 unspecified atom stereocenters. The van der Waals surface area contributed by atoms with Gasteiger partial charge in [0.05, 0.1) is 17.5 Å². The Hall–Kier alpha value is -3.15. The highest BCUT2D eigenvalue weighted by atomic mass is 16.3. The van der Waals surface area contributed by atoms with Crippen LogP contribution in [0.5, 0.6) is 5.75 Å². The van der Waals surface area contributed by atoms with Crippen molar-refractivity contribution >= 4 is 34.7 Å². The molecular formula is C31H42N4O7. The molecule has 0 aromatic heterocycles. The molecule has 0 spiro atoms. The van der Waals surface area contributed by atoms with Crippen molar-refractivity contribution in [3.63, 3.8) is 0 Å². The normalized spacial score (nSPS) is 32.8. The molecule has 0 radical (unpaired) electrons. The number of likely N-dealkylation sites (N-methyl/N-ethyl adjacent to an activating group) is 1. The number of amides is 1. The summed E-state index contributed by atoms with van der Waals surface area (Å²) in [5, 5.41) is 23.0. The van der Waals surface area contributed by atoms with Crippen LogP contribution >= 0.6 is 0 Å². The van der Waals surface area contributed by atoms with Gasteiger partial charge in [0, 0.05) is 32.2 Å². The minimum Gasteiger partial charge on any atom is -0.507 e. The summed E-state index contributed by atoms with van der Waals surface area (Å²) >= 11 is 0. The Morgan fingerprint density at radius 2 is 1.69 bits per heavy atom. The zero-order chi connectivity index (χ0) is 31.0. The molecule has 42 heavy (non-hydrogen) atoms. The Labute approximate surface area is 246 Å². The van der Waals surface area contributed by atoms with Gasteiger partial charge in [-0.3, -0.25) is 33.8 Å². The lowest BCUT2D eigenvalue weighted by Crippen LogP contribution is -2.74. The van der Waals surface area contributed by atoms with E-state index in [2.05, 4.69) is 18.7 Å². The number of Topliss-reactive ketones (excluding diaryl/α,β-unsaturated/α-hetero) is 4. The van der Waals surface area contributed by atoms with Crippen LogP contribution in [0, 0.1) is 29.1 Å². The number of phenols is 1. The number of ketones is 4. The van der Waals surface area contributed by atoms with E-state index in [4.69, 9.17) is 5.73 Å². The van der Waals surface area contributed by atoms with E-state index in [1.54, 1.807) is 20.2 Å². The number of primary amides is 1. The van der Waals surface area contributed by atoms with Crippen LogP contribution in [-0.2, 0) is 32.1 Å². The number of rotatable bonds is 5. The van der Waals surface area contributed by atoms with E-state index in [9.17, 15) is 34.2 Å². The first kappa shape index (κ1) is 30.3. The van der Waals surface area contributed by atoms with Gasteiger partial charge in [0.15, 0.2) is 34.7 Å². The Bertz CT molecular complexity index is 1380. The lowest BCUT2D eigenvalue weighted by atomic mass is 9.52. The van der Waals surface area contributed by atoms with Crippen LogP contribution in [0.3, 0.4) is 0 Å². The minimum absolute atomic E-state index is 0.0221. The quantitative estimate of drug-likeness (QED) is 0.418. The molecule has 3 aliphatic carbocycles. The predicted molar refractivity (Wildman–Crippen MR) is 154 cm³/mol. The first-order chi connectivity index (χ1) is 19.5. The van der Waals surface area contributed by atoms with Crippen LogP contribution in [0.15, 0.2) is 6.07 Å². The van der Waals surface area contributed by atoms with Crippen LogP contribution in [0.25, 0.3) is 0 Å². The summed E-state index contributed by atoms with van der Waals surface area (Å²) in [6, 6.07) is 0.468. The van der Waals surface area contributed by atoms with Gasteiger partial charge in [-0.25, -0.2) is 0 Å². The Morgan fingerprint density at radius 1 is 1.07 bits per heavy atom. The third kappa shape index (κ3) is 4.48. The second-order valence-electron chi connectivity index (χ2n) is 13.9. The minimum atomic E-state index is -2.72. The summed E-state index contributed by atoms with van der Waals surface area (Å²) in [4.78, 5) is 72.7. The molecule has 1 heterocycles. The fraction of sp³-hybridized carbons (Fsp3) is 0.645. The van der Waals surface area contributed by atoms with Crippen molar-refractivity contribution in [3.8, 4) is 5.75 Å². The summed E-state index contributed by atoms with van der Waals surface area (Å²) in [5.41, 5.74) is 5.27. The van der Waals surface area contributed by atoms with Crippen molar-refractivity contribution in [2.45, 2.75) is 57.7 Å². The molecule has 228 valence electrons. The number of nitrogens with zero attached hydrogens (tertiary/aromatic N) is 3. The highest BCUT2D eigenvalue weighted by Gasteiger charge is 2.69. The number of carbonyl (C=O) groups excluding carboxylic acids is 5. The molecule has 11 nitrogen and oxygen atoms in total. The van der Waals surface area contributed by atoms with Gasteiger partial charge in [0.1, 0.15) is 5.75 Å². The average Bonchev–Trinajstić information content (AvgIpc) is 2.86. The number of likely N-dealkylation sites (tertiary alicyclic amines) is 1. The number of aromatic hydroxyl groups is 1. The average molecular weight is 583 g/mol. The first-order valence-corrected chi connectivity index (χ1v) is 14.6. The van der Waals surface area contributed by atoms with Crippen molar-refractivity contribution in [2.24, 2.45) is 34.8 Å². The third-order valence-electron chi connectivity index (χ3n) is 10.2.